The van der Waals surface area contributed by atoms with Gasteiger partial charge >= 0.3 is 6.18 Å². The van der Waals surface area contributed by atoms with E-state index in [1.165, 1.54) is 13.8 Å². The average molecular weight is 203 g/mol. The Bertz CT molecular complexity index is 348. The van der Waals surface area contributed by atoms with Gasteiger partial charge in [-0.25, -0.2) is 4.98 Å². The zero-order chi connectivity index (χ0) is 10.9. The summed E-state index contributed by atoms with van der Waals surface area (Å²) in [5.74, 6) is 0. The third-order valence-electron chi connectivity index (χ3n) is 1.86. The highest BCUT2D eigenvalue weighted by molar-refractivity contribution is 5.78. The number of rotatable bonds is 1. The maximum absolute atomic E-state index is 12.2. The fraction of sp³-hybridized carbons (Fsp3) is 0.333. The van der Waals surface area contributed by atoms with Gasteiger partial charge in [0.25, 0.3) is 0 Å². The number of aromatic nitrogens is 1. The number of hydrogen-bond acceptors (Lipinski definition) is 2. The first-order valence-corrected chi connectivity index (χ1v) is 3.87. The lowest BCUT2D eigenvalue weighted by molar-refractivity contribution is -0.141. The highest BCUT2D eigenvalue weighted by Gasteiger charge is 2.33. The second-order valence-electron chi connectivity index (χ2n) is 2.94. The second-order valence-corrected chi connectivity index (χ2v) is 2.94. The van der Waals surface area contributed by atoms with Crippen molar-refractivity contribution in [3.05, 3.63) is 28.6 Å². The highest BCUT2D eigenvalue weighted by Crippen LogP contribution is 2.29. The Labute approximate surface area is 78.8 Å². The van der Waals surface area contributed by atoms with Crippen LogP contribution >= 0.6 is 0 Å². The van der Waals surface area contributed by atoms with E-state index in [0.29, 0.717) is 11.8 Å². The summed E-state index contributed by atoms with van der Waals surface area (Å²) >= 11 is 0. The first kappa shape index (κ1) is 10.7. The van der Waals surface area contributed by atoms with Gasteiger partial charge in [0, 0.05) is 11.3 Å². The summed E-state index contributed by atoms with van der Waals surface area (Å²) in [5, 5.41) is 0. The van der Waals surface area contributed by atoms with Crippen molar-refractivity contribution in [1.82, 2.24) is 4.98 Å². The van der Waals surface area contributed by atoms with Gasteiger partial charge < -0.3 is 0 Å². The van der Waals surface area contributed by atoms with Gasteiger partial charge in [-0.1, -0.05) is 0 Å². The van der Waals surface area contributed by atoms with Crippen molar-refractivity contribution >= 4 is 6.29 Å². The van der Waals surface area contributed by atoms with Gasteiger partial charge in [0.15, 0.2) is 6.29 Å². The fourth-order valence-corrected chi connectivity index (χ4v) is 1.16. The summed E-state index contributed by atoms with van der Waals surface area (Å²) in [6.07, 6.45) is -3.95. The van der Waals surface area contributed by atoms with E-state index in [4.69, 9.17) is 0 Å². The number of aryl methyl sites for hydroxylation is 2. The zero-order valence-corrected chi connectivity index (χ0v) is 7.64. The van der Waals surface area contributed by atoms with Crippen LogP contribution in [0.4, 0.5) is 13.2 Å². The number of hydrogen-bond donors (Lipinski definition) is 0. The smallest absolute Gasteiger partial charge is 0.298 e. The molecule has 0 N–H and O–H groups in total. The van der Waals surface area contributed by atoms with E-state index in [1.54, 1.807) is 0 Å². The van der Waals surface area contributed by atoms with Crippen molar-refractivity contribution in [3.63, 3.8) is 0 Å². The Balaban J connectivity index is 3.35. The predicted octanol–water partition coefficient (Wildman–Crippen LogP) is 2.53. The standard InChI is InChI=1S/C9H8F3NO/c1-5-3-8(9(10,11)12)13-6(2)7(5)4-14/h3-4H,1-2H3. The van der Waals surface area contributed by atoms with Crippen LogP contribution < -0.4 is 0 Å². The molecule has 5 heteroatoms. The number of carbonyl (C=O) groups is 1. The quantitative estimate of drug-likeness (QED) is 0.656. The maximum atomic E-state index is 12.2. The van der Waals surface area contributed by atoms with Crippen LogP contribution in [0.1, 0.15) is 27.3 Å². The number of nitrogens with zero attached hydrogens (tertiary/aromatic N) is 1. The number of halogens is 3. The number of pyridine rings is 1. The normalized spacial score (nSPS) is 11.5. The summed E-state index contributed by atoms with van der Waals surface area (Å²) in [6, 6.07) is 0.872. The van der Waals surface area contributed by atoms with Gasteiger partial charge in [-0.2, -0.15) is 13.2 Å². The average Bonchev–Trinajstić information content (AvgIpc) is 2.01. The summed E-state index contributed by atoms with van der Waals surface area (Å²) in [6.45, 7) is 2.83. The Morgan fingerprint density at radius 3 is 2.29 bits per heavy atom. The van der Waals surface area contributed by atoms with Crippen LogP contribution in [0.2, 0.25) is 0 Å². The molecule has 0 atom stereocenters. The van der Waals surface area contributed by atoms with Crippen LogP contribution in [0.3, 0.4) is 0 Å². The summed E-state index contributed by atoms with van der Waals surface area (Å²) in [5.41, 5.74) is -0.344. The SMILES string of the molecule is Cc1cc(C(F)(F)F)nc(C)c1C=O. The van der Waals surface area contributed by atoms with Crippen molar-refractivity contribution in [2.24, 2.45) is 0 Å². The van der Waals surface area contributed by atoms with Gasteiger partial charge in [0.05, 0.1) is 0 Å². The van der Waals surface area contributed by atoms with Crippen molar-refractivity contribution in [1.29, 1.82) is 0 Å². The largest absolute Gasteiger partial charge is 0.433 e. The van der Waals surface area contributed by atoms with Crippen LogP contribution in [-0.4, -0.2) is 11.3 Å². The lowest BCUT2D eigenvalue weighted by Crippen LogP contribution is -2.11. The zero-order valence-electron chi connectivity index (χ0n) is 7.64. The Hall–Kier alpha value is -1.39. The third kappa shape index (κ3) is 1.92. The van der Waals surface area contributed by atoms with Crippen LogP contribution in [0.15, 0.2) is 6.07 Å². The Kier molecular flexibility index (Phi) is 2.59. The van der Waals surface area contributed by atoms with E-state index in [9.17, 15) is 18.0 Å². The van der Waals surface area contributed by atoms with Crippen LogP contribution in [0, 0.1) is 13.8 Å². The summed E-state index contributed by atoms with van der Waals surface area (Å²) in [7, 11) is 0. The van der Waals surface area contributed by atoms with Crippen LogP contribution in [0.25, 0.3) is 0 Å². The van der Waals surface area contributed by atoms with Gasteiger partial charge in [-0.3, -0.25) is 4.79 Å². The molecular weight excluding hydrogens is 195 g/mol. The minimum Gasteiger partial charge on any atom is -0.298 e. The predicted molar refractivity (Wildman–Crippen MR) is 44.1 cm³/mol. The molecule has 0 saturated heterocycles. The molecule has 0 saturated carbocycles. The monoisotopic (exact) mass is 203 g/mol. The van der Waals surface area contributed by atoms with Crippen LogP contribution in [-0.2, 0) is 6.18 Å². The maximum Gasteiger partial charge on any atom is 0.433 e. The Morgan fingerprint density at radius 1 is 1.36 bits per heavy atom. The van der Waals surface area contributed by atoms with Gasteiger partial charge in [0.2, 0.25) is 0 Å². The molecule has 0 aliphatic carbocycles. The Morgan fingerprint density at radius 2 is 1.93 bits per heavy atom. The minimum atomic E-state index is -4.46. The van der Waals surface area contributed by atoms with E-state index in [0.717, 1.165) is 6.07 Å². The van der Waals surface area contributed by atoms with Gasteiger partial charge in [-0.15, -0.1) is 0 Å². The lowest BCUT2D eigenvalue weighted by Gasteiger charge is -2.09. The molecule has 1 aromatic rings. The molecule has 0 aliphatic heterocycles. The van der Waals surface area contributed by atoms with E-state index in [2.05, 4.69) is 4.98 Å². The summed E-state index contributed by atoms with van der Waals surface area (Å²) < 4.78 is 36.7. The van der Waals surface area contributed by atoms with Crippen molar-refractivity contribution in [2.75, 3.05) is 0 Å². The molecule has 0 spiro atoms. The fourth-order valence-electron chi connectivity index (χ4n) is 1.16. The first-order valence-electron chi connectivity index (χ1n) is 3.87. The topological polar surface area (TPSA) is 30.0 Å². The molecule has 1 heterocycles. The molecule has 0 bridgehead atoms. The van der Waals surface area contributed by atoms with E-state index < -0.39 is 11.9 Å². The van der Waals surface area contributed by atoms with Crippen LogP contribution in [0.5, 0.6) is 0 Å². The molecule has 1 rings (SSSR count). The number of aldehydes is 1. The number of carbonyl (C=O) groups excluding carboxylic acids is 1. The van der Waals surface area contributed by atoms with Crippen molar-refractivity contribution in [3.8, 4) is 0 Å². The molecule has 76 valence electrons. The second kappa shape index (κ2) is 3.40. The van der Waals surface area contributed by atoms with Gasteiger partial charge in [-0.05, 0) is 25.5 Å². The van der Waals surface area contributed by atoms with Crippen molar-refractivity contribution < 1.29 is 18.0 Å². The first-order chi connectivity index (χ1) is 6.36. The molecule has 0 radical (unpaired) electrons. The van der Waals surface area contributed by atoms with E-state index in [-0.39, 0.29) is 11.3 Å². The minimum absolute atomic E-state index is 0.104. The molecule has 14 heavy (non-hydrogen) atoms. The third-order valence-corrected chi connectivity index (χ3v) is 1.86. The summed E-state index contributed by atoms with van der Waals surface area (Å²) in [4.78, 5) is 13.8. The molecule has 2 nitrogen and oxygen atoms in total. The molecule has 0 amide bonds. The molecular formula is C9H8F3NO. The van der Waals surface area contributed by atoms with E-state index >= 15 is 0 Å². The molecule has 0 aliphatic rings. The molecule has 0 fully saturated rings. The molecule has 1 aromatic heterocycles. The lowest BCUT2D eigenvalue weighted by atomic mass is 10.1. The van der Waals surface area contributed by atoms with E-state index in [1.807, 2.05) is 0 Å². The molecule has 0 aromatic carbocycles. The van der Waals surface area contributed by atoms with Crippen molar-refractivity contribution in [2.45, 2.75) is 20.0 Å². The molecule has 0 unspecified atom stereocenters. The van der Waals surface area contributed by atoms with Gasteiger partial charge in [0.1, 0.15) is 5.69 Å². The highest BCUT2D eigenvalue weighted by atomic mass is 19.4. The number of alkyl halides is 3.